The molecule has 0 bridgehead atoms. The molecule has 0 saturated carbocycles. The molecule has 0 aliphatic rings. The topological polar surface area (TPSA) is 21.1 Å². The van der Waals surface area contributed by atoms with E-state index in [1.807, 2.05) is 35.9 Å². The van der Waals surface area contributed by atoms with Gasteiger partial charge in [-0.2, -0.15) is 0 Å². The number of anilines is 1. The number of alkyl halides is 3. The summed E-state index contributed by atoms with van der Waals surface area (Å²) in [4.78, 5) is 6.02. The number of hydrogen-bond donors (Lipinski definition) is 0. The lowest BCUT2D eigenvalue weighted by Crippen LogP contribution is -2.32. The van der Waals surface area contributed by atoms with Gasteiger partial charge in [-0.15, -0.1) is 0 Å². The zero-order valence-electron chi connectivity index (χ0n) is 9.98. The number of fused-ring (bicyclic) bond motifs is 1. The summed E-state index contributed by atoms with van der Waals surface area (Å²) in [7, 11) is 1.84. The Morgan fingerprint density at radius 3 is 2.72 bits per heavy atom. The molecule has 0 atom stereocenters. The highest BCUT2D eigenvalue weighted by Crippen LogP contribution is 2.21. The van der Waals surface area contributed by atoms with Crippen LogP contribution in [0.4, 0.5) is 14.7 Å². The van der Waals surface area contributed by atoms with Gasteiger partial charge < -0.3 is 9.47 Å². The molecule has 0 radical (unpaired) electrons. The van der Waals surface area contributed by atoms with Gasteiger partial charge in [-0.3, -0.25) is 0 Å². The number of rotatable bonds is 5. The molecule has 18 heavy (non-hydrogen) atoms. The zero-order chi connectivity index (χ0) is 13.1. The van der Waals surface area contributed by atoms with Gasteiger partial charge in [0.05, 0.1) is 17.6 Å². The number of para-hydroxylation sites is 2. The van der Waals surface area contributed by atoms with Crippen molar-refractivity contribution in [2.75, 3.05) is 23.3 Å². The maximum absolute atomic E-state index is 12.6. The number of imidazole rings is 1. The van der Waals surface area contributed by atoms with Gasteiger partial charge in [0.25, 0.3) is 6.43 Å². The number of aryl methyl sites for hydroxylation is 1. The highest BCUT2D eigenvalue weighted by Gasteiger charge is 2.17. The first-order valence-electron chi connectivity index (χ1n) is 5.64. The van der Waals surface area contributed by atoms with E-state index >= 15 is 0 Å². The first-order valence-corrected chi connectivity index (χ1v) is 6.76. The van der Waals surface area contributed by atoms with E-state index in [2.05, 4.69) is 20.9 Å². The summed E-state index contributed by atoms with van der Waals surface area (Å²) in [5.74, 6) is 0.580. The summed E-state index contributed by atoms with van der Waals surface area (Å²) >= 11 is 3.28. The van der Waals surface area contributed by atoms with Crippen LogP contribution >= 0.6 is 15.9 Å². The summed E-state index contributed by atoms with van der Waals surface area (Å²) in [6.45, 7) is 0.199. The molecule has 6 heteroatoms. The summed E-state index contributed by atoms with van der Waals surface area (Å²) in [6.07, 6.45) is -2.37. The molecule has 3 nitrogen and oxygen atoms in total. The second-order valence-electron chi connectivity index (χ2n) is 3.99. The summed E-state index contributed by atoms with van der Waals surface area (Å²) in [5.41, 5.74) is 1.77. The Bertz CT molecular complexity index is 527. The minimum absolute atomic E-state index is 0.303. The largest absolute Gasteiger partial charge is 0.336 e. The molecule has 0 aliphatic heterocycles. The fourth-order valence-electron chi connectivity index (χ4n) is 1.96. The Balaban J connectivity index is 2.40. The first kappa shape index (κ1) is 13.3. The van der Waals surface area contributed by atoms with Crippen LogP contribution in [0.5, 0.6) is 0 Å². The minimum Gasteiger partial charge on any atom is -0.336 e. The lowest BCUT2D eigenvalue weighted by Gasteiger charge is -2.22. The fourth-order valence-corrected chi connectivity index (χ4v) is 2.39. The lowest BCUT2D eigenvalue weighted by atomic mass is 10.3. The molecule has 0 fully saturated rings. The molecule has 0 unspecified atom stereocenters. The normalized spacial score (nSPS) is 11.4. The van der Waals surface area contributed by atoms with E-state index in [9.17, 15) is 8.78 Å². The van der Waals surface area contributed by atoms with Crippen LogP contribution in [-0.2, 0) is 7.05 Å². The van der Waals surface area contributed by atoms with E-state index in [0.29, 0.717) is 17.8 Å². The molecule has 1 heterocycles. The molecule has 1 aromatic heterocycles. The molecule has 2 rings (SSSR count). The van der Waals surface area contributed by atoms with Crippen molar-refractivity contribution in [2.24, 2.45) is 7.05 Å². The van der Waals surface area contributed by atoms with E-state index in [4.69, 9.17) is 0 Å². The molecule has 0 N–H and O–H groups in total. The summed E-state index contributed by atoms with van der Waals surface area (Å²) < 4.78 is 27.0. The summed E-state index contributed by atoms with van der Waals surface area (Å²) in [6, 6.07) is 7.62. The quantitative estimate of drug-likeness (QED) is 0.790. The number of hydrogen-bond acceptors (Lipinski definition) is 2. The van der Waals surface area contributed by atoms with Crippen LogP contribution in [0.3, 0.4) is 0 Å². The van der Waals surface area contributed by atoms with Crippen LogP contribution in [0.25, 0.3) is 11.0 Å². The number of aromatic nitrogens is 2. The van der Waals surface area contributed by atoms with E-state index in [0.717, 1.165) is 11.0 Å². The Morgan fingerprint density at radius 1 is 1.39 bits per heavy atom. The van der Waals surface area contributed by atoms with Crippen molar-refractivity contribution in [2.45, 2.75) is 6.43 Å². The van der Waals surface area contributed by atoms with Crippen molar-refractivity contribution < 1.29 is 8.78 Å². The van der Waals surface area contributed by atoms with Crippen molar-refractivity contribution in [1.82, 2.24) is 9.55 Å². The third-order valence-corrected chi connectivity index (χ3v) is 3.11. The third kappa shape index (κ3) is 2.63. The second kappa shape index (κ2) is 5.65. The summed E-state index contributed by atoms with van der Waals surface area (Å²) in [5, 5.41) is 0.628. The highest BCUT2D eigenvalue weighted by molar-refractivity contribution is 9.09. The van der Waals surface area contributed by atoms with Gasteiger partial charge in [0.15, 0.2) is 0 Å². The van der Waals surface area contributed by atoms with Crippen LogP contribution < -0.4 is 4.90 Å². The second-order valence-corrected chi connectivity index (χ2v) is 4.78. The monoisotopic (exact) mass is 317 g/mol. The van der Waals surface area contributed by atoms with E-state index in [1.165, 1.54) is 0 Å². The highest BCUT2D eigenvalue weighted by atomic mass is 79.9. The first-order chi connectivity index (χ1) is 8.63. The van der Waals surface area contributed by atoms with Gasteiger partial charge in [-0.1, -0.05) is 28.1 Å². The van der Waals surface area contributed by atoms with Crippen molar-refractivity contribution in [1.29, 1.82) is 0 Å². The van der Waals surface area contributed by atoms with Crippen LogP contribution in [0, 0.1) is 0 Å². The molecule has 0 aliphatic carbocycles. The fraction of sp³-hybridized carbons (Fsp3) is 0.417. The van der Waals surface area contributed by atoms with Gasteiger partial charge in [0, 0.05) is 18.9 Å². The minimum atomic E-state index is -2.37. The van der Waals surface area contributed by atoms with Crippen LogP contribution in [-0.4, -0.2) is 34.4 Å². The van der Waals surface area contributed by atoms with Gasteiger partial charge in [0.2, 0.25) is 5.95 Å². The Hall–Kier alpha value is -1.17. The maximum atomic E-state index is 12.6. The Kier molecular flexibility index (Phi) is 4.16. The van der Waals surface area contributed by atoms with E-state index in [1.54, 1.807) is 4.90 Å². The van der Waals surface area contributed by atoms with Crippen LogP contribution in [0.1, 0.15) is 0 Å². The molecule has 2 aromatic rings. The van der Waals surface area contributed by atoms with Crippen molar-refractivity contribution in [3.63, 3.8) is 0 Å². The maximum Gasteiger partial charge on any atom is 0.255 e. The Morgan fingerprint density at radius 2 is 2.11 bits per heavy atom. The average molecular weight is 318 g/mol. The predicted molar refractivity (Wildman–Crippen MR) is 72.7 cm³/mol. The number of nitrogens with zero attached hydrogens (tertiary/aromatic N) is 3. The lowest BCUT2D eigenvalue weighted by molar-refractivity contribution is 0.154. The van der Waals surface area contributed by atoms with Gasteiger partial charge in [-0.25, -0.2) is 13.8 Å². The van der Waals surface area contributed by atoms with Crippen molar-refractivity contribution in [3.05, 3.63) is 24.3 Å². The van der Waals surface area contributed by atoms with Crippen molar-refractivity contribution >= 4 is 32.9 Å². The van der Waals surface area contributed by atoms with E-state index in [-0.39, 0.29) is 6.54 Å². The molecular formula is C12H14BrF2N3. The SMILES string of the molecule is Cn1c(N(CCBr)CC(F)F)nc2ccccc21. The molecule has 0 saturated heterocycles. The number of benzene rings is 1. The standard InChI is InChI=1S/C12H14BrF2N3/c1-17-10-5-3-2-4-9(10)16-12(17)18(7-6-13)8-11(14)15/h2-5,11H,6-8H2,1H3. The van der Waals surface area contributed by atoms with Gasteiger partial charge >= 0.3 is 0 Å². The third-order valence-electron chi connectivity index (χ3n) is 2.76. The molecule has 1 aromatic carbocycles. The van der Waals surface area contributed by atoms with Crippen LogP contribution in [0.2, 0.25) is 0 Å². The predicted octanol–water partition coefficient (Wildman–Crippen LogP) is 3.04. The Labute approximate surface area is 113 Å². The molecular weight excluding hydrogens is 304 g/mol. The number of halogens is 3. The molecule has 0 amide bonds. The van der Waals surface area contributed by atoms with Gasteiger partial charge in [-0.05, 0) is 12.1 Å². The smallest absolute Gasteiger partial charge is 0.255 e. The van der Waals surface area contributed by atoms with Gasteiger partial charge in [0.1, 0.15) is 0 Å². The molecule has 0 spiro atoms. The molecule has 98 valence electrons. The van der Waals surface area contributed by atoms with Crippen LogP contribution in [0.15, 0.2) is 24.3 Å². The van der Waals surface area contributed by atoms with E-state index < -0.39 is 6.43 Å². The zero-order valence-corrected chi connectivity index (χ0v) is 11.6. The van der Waals surface area contributed by atoms with Crippen molar-refractivity contribution in [3.8, 4) is 0 Å². The average Bonchev–Trinajstić information content (AvgIpc) is 2.66.